The molecule has 8 bridgehead atoms. The molecule has 388 valence electrons. The fraction of sp³-hybridized carbons (Fsp3) is 0.380. The zero-order chi connectivity index (χ0) is 53.4. The molecule has 9 rings (SSSR count). The van der Waals surface area contributed by atoms with E-state index in [1.54, 1.807) is 0 Å². The summed E-state index contributed by atoms with van der Waals surface area (Å²) in [6.45, 7) is 35.1. The summed E-state index contributed by atoms with van der Waals surface area (Å²) in [5.41, 5.74) is 22.1. The van der Waals surface area contributed by atoms with Crippen LogP contribution in [-0.4, -0.2) is 19.9 Å². The predicted octanol–water partition coefficient (Wildman–Crippen LogP) is 20.7. The van der Waals surface area contributed by atoms with Crippen molar-refractivity contribution in [1.82, 2.24) is 19.9 Å². The molecule has 4 nitrogen and oxygen atoms in total. The van der Waals surface area contributed by atoms with Crippen molar-refractivity contribution in [3.05, 3.63) is 166 Å². The smallest absolute Gasteiger partial charge is 0.0737 e. The molecular weight excluding hydrogens is 909 g/mol. The maximum atomic E-state index is 5.68. The van der Waals surface area contributed by atoms with E-state index >= 15 is 0 Å². The second-order valence-electron chi connectivity index (χ2n) is 24.3. The lowest BCUT2D eigenvalue weighted by Crippen LogP contribution is -2.13. The van der Waals surface area contributed by atoms with Crippen LogP contribution >= 0.6 is 0 Å². The summed E-state index contributed by atoms with van der Waals surface area (Å²) < 4.78 is 0. The standard InChI is InChI=1S/C71H84N4/c1-16-56(41(2)3)48-17-19-52(20-18-48)68-57-33-35-59(72-57)69(53-27-21-49(22-28-53)65(42(4)5)43(6)7)61-37-39-63(74-61)71(55-31-25-51(26-32-55)67(46(12)13)47(14)15)64-40-38-62(75-64)70(60-36-34-58(68)73-60)54-29-23-50(24-30-54)66(44(8)9)45(10)11/h17-47,56,65-67,72,75H,16H2,1-15H3. The van der Waals surface area contributed by atoms with Crippen molar-refractivity contribution < 1.29 is 0 Å². The van der Waals surface area contributed by atoms with E-state index in [1.165, 1.54) is 22.3 Å². The highest BCUT2D eigenvalue weighted by Gasteiger charge is 2.25. The maximum absolute atomic E-state index is 5.68. The Morgan fingerprint density at radius 3 is 0.720 bits per heavy atom. The molecular formula is C71H84N4. The van der Waals surface area contributed by atoms with E-state index in [4.69, 9.17) is 9.97 Å². The molecule has 0 fully saturated rings. The van der Waals surface area contributed by atoms with Crippen molar-refractivity contribution in [3.63, 3.8) is 0 Å². The first-order valence-electron chi connectivity index (χ1n) is 28.5. The quantitative estimate of drug-likeness (QED) is 0.101. The first kappa shape index (κ1) is 53.3. The van der Waals surface area contributed by atoms with E-state index in [0.29, 0.717) is 65.1 Å². The third-order valence-corrected chi connectivity index (χ3v) is 16.7. The molecule has 0 radical (unpaired) electrons. The minimum Gasteiger partial charge on any atom is -0.354 e. The average molecular weight is 993 g/mol. The minimum atomic E-state index is 0.463. The number of aromatic nitrogens is 4. The number of nitrogens with zero attached hydrogens (tertiary/aromatic N) is 2. The lowest BCUT2D eigenvalue weighted by molar-refractivity contribution is 0.388. The number of aromatic amines is 2. The van der Waals surface area contributed by atoms with Gasteiger partial charge < -0.3 is 9.97 Å². The molecule has 0 aliphatic carbocycles. The molecule has 3 aromatic heterocycles. The number of benzene rings is 4. The molecule has 7 aromatic rings. The van der Waals surface area contributed by atoms with Crippen LogP contribution in [0.15, 0.2) is 121 Å². The van der Waals surface area contributed by atoms with E-state index in [2.05, 4.69) is 259 Å². The summed E-state index contributed by atoms with van der Waals surface area (Å²) in [6, 6.07) is 46.3. The van der Waals surface area contributed by atoms with Gasteiger partial charge in [0, 0.05) is 44.3 Å². The number of H-pyrrole nitrogens is 2. The summed E-state index contributed by atoms with van der Waals surface area (Å²) >= 11 is 0. The van der Waals surface area contributed by atoms with Gasteiger partial charge in [-0.2, -0.15) is 0 Å². The molecule has 1 atom stereocenters. The largest absolute Gasteiger partial charge is 0.354 e. The van der Waals surface area contributed by atoms with Crippen molar-refractivity contribution in [3.8, 4) is 44.5 Å². The van der Waals surface area contributed by atoms with E-state index in [0.717, 1.165) is 95.8 Å². The molecule has 2 aliphatic heterocycles. The molecule has 5 heterocycles. The van der Waals surface area contributed by atoms with E-state index in [1.807, 2.05) is 0 Å². The Morgan fingerprint density at radius 2 is 0.520 bits per heavy atom. The Bertz CT molecular complexity index is 3240. The molecule has 2 aliphatic rings. The van der Waals surface area contributed by atoms with Crippen molar-refractivity contribution >= 4 is 46.4 Å². The minimum absolute atomic E-state index is 0.463. The van der Waals surface area contributed by atoms with Gasteiger partial charge in [-0.05, 0) is 165 Å². The first-order chi connectivity index (χ1) is 35.9. The molecule has 0 saturated carbocycles. The van der Waals surface area contributed by atoms with Gasteiger partial charge in [-0.25, -0.2) is 9.97 Å². The maximum Gasteiger partial charge on any atom is 0.0737 e. The van der Waals surface area contributed by atoms with Crippen LogP contribution in [0.2, 0.25) is 0 Å². The molecule has 4 aromatic carbocycles. The van der Waals surface area contributed by atoms with Crippen molar-refractivity contribution in [2.75, 3.05) is 0 Å². The lowest BCUT2D eigenvalue weighted by Gasteiger charge is -2.25. The van der Waals surface area contributed by atoms with Gasteiger partial charge in [0.05, 0.1) is 22.8 Å². The summed E-state index contributed by atoms with van der Waals surface area (Å²) in [5.74, 6) is 5.61. The second kappa shape index (κ2) is 22.4. The van der Waals surface area contributed by atoms with Crippen LogP contribution in [0, 0.1) is 41.4 Å². The summed E-state index contributed by atoms with van der Waals surface area (Å²) in [4.78, 5) is 19.4. The normalized spacial score (nSPS) is 13.3. The van der Waals surface area contributed by atoms with Gasteiger partial charge in [-0.1, -0.05) is 201 Å². The van der Waals surface area contributed by atoms with Gasteiger partial charge in [0.1, 0.15) is 0 Å². The topological polar surface area (TPSA) is 57.4 Å². The fourth-order valence-electron chi connectivity index (χ4n) is 13.6. The summed E-state index contributed by atoms with van der Waals surface area (Å²) in [5, 5.41) is 0. The Morgan fingerprint density at radius 1 is 0.293 bits per heavy atom. The number of hydrogen-bond acceptors (Lipinski definition) is 2. The van der Waals surface area contributed by atoms with Crippen molar-refractivity contribution in [2.24, 2.45) is 41.4 Å². The van der Waals surface area contributed by atoms with Crippen LogP contribution in [0.5, 0.6) is 0 Å². The van der Waals surface area contributed by atoms with E-state index < -0.39 is 0 Å². The zero-order valence-electron chi connectivity index (χ0n) is 47.8. The highest BCUT2D eigenvalue weighted by molar-refractivity contribution is 6.00. The molecule has 75 heavy (non-hydrogen) atoms. The Labute approximate surface area is 450 Å². The molecule has 4 heteroatoms. The molecule has 0 spiro atoms. The van der Waals surface area contributed by atoms with Gasteiger partial charge in [0.15, 0.2) is 0 Å². The van der Waals surface area contributed by atoms with Crippen LogP contribution in [0.3, 0.4) is 0 Å². The lowest BCUT2D eigenvalue weighted by atomic mass is 9.80. The van der Waals surface area contributed by atoms with Crippen LogP contribution in [-0.2, 0) is 0 Å². The monoisotopic (exact) mass is 993 g/mol. The zero-order valence-corrected chi connectivity index (χ0v) is 47.8. The molecule has 2 N–H and O–H groups in total. The number of rotatable bonds is 16. The SMILES string of the molecule is CCC(c1ccc(-c2c3nc(c(-c4ccc(C(C(C)C)C(C)C)cc4)c4ccc([nH]4)c(-c4ccc(C(C(C)C)C(C)C)cc4)c4nc(c(-c5ccc(C(C(C)C)C(C)C)cc5)c5ccc2[nH]5)C=C4)C=C3)cc1)C(C)C. The average Bonchev–Trinajstić information content (AvgIpc) is 4.22. The van der Waals surface area contributed by atoms with Crippen LogP contribution in [0.25, 0.3) is 90.9 Å². The summed E-state index contributed by atoms with van der Waals surface area (Å²) in [6.07, 6.45) is 10.00. The number of fused-ring (bicyclic) bond motifs is 8. The fourth-order valence-corrected chi connectivity index (χ4v) is 13.6. The Hall–Kier alpha value is -6.52. The Kier molecular flexibility index (Phi) is 15.9. The third-order valence-electron chi connectivity index (χ3n) is 16.7. The van der Waals surface area contributed by atoms with Gasteiger partial charge in [-0.15, -0.1) is 0 Å². The molecule has 1 unspecified atom stereocenters. The Balaban J connectivity index is 1.38. The summed E-state index contributed by atoms with van der Waals surface area (Å²) in [7, 11) is 0. The van der Waals surface area contributed by atoms with Crippen LogP contribution in [0.4, 0.5) is 0 Å². The highest BCUT2D eigenvalue weighted by Crippen LogP contribution is 2.42. The van der Waals surface area contributed by atoms with Gasteiger partial charge in [0.25, 0.3) is 0 Å². The third kappa shape index (κ3) is 10.8. The van der Waals surface area contributed by atoms with Crippen LogP contribution in [0.1, 0.15) is 179 Å². The molecule has 0 amide bonds. The van der Waals surface area contributed by atoms with Gasteiger partial charge in [-0.3, -0.25) is 0 Å². The second-order valence-corrected chi connectivity index (χ2v) is 24.3. The predicted molar refractivity (Wildman–Crippen MR) is 326 cm³/mol. The highest BCUT2D eigenvalue weighted by atomic mass is 14.8. The van der Waals surface area contributed by atoms with E-state index in [9.17, 15) is 0 Å². The van der Waals surface area contributed by atoms with Crippen molar-refractivity contribution in [1.29, 1.82) is 0 Å². The van der Waals surface area contributed by atoms with E-state index in [-0.39, 0.29) is 0 Å². The number of nitrogens with one attached hydrogen (secondary N) is 2. The van der Waals surface area contributed by atoms with Crippen LogP contribution < -0.4 is 0 Å². The first-order valence-corrected chi connectivity index (χ1v) is 28.5. The van der Waals surface area contributed by atoms with Gasteiger partial charge >= 0.3 is 0 Å². The molecule has 0 saturated heterocycles. The van der Waals surface area contributed by atoms with Gasteiger partial charge in [0.2, 0.25) is 0 Å². The number of hydrogen-bond donors (Lipinski definition) is 2. The van der Waals surface area contributed by atoms with Crippen molar-refractivity contribution in [2.45, 2.75) is 134 Å².